The highest BCUT2D eigenvalue weighted by Gasteiger charge is 2.35. The van der Waals surface area contributed by atoms with Crippen LogP contribution in [-0.4, -0.2) is 23.1 Å². The van der Waals surface area contributed by atoms with Crippen LogP contribution in [0.1, 0.15) is 11.7 Å². The van der Waals surface area contributed by atoms with E-state index in [2.05, 4.69) is 0 Å². The van der Waals surface area contributed by atoms with Gasteiger partial charge >= 0.3 is 0 Å². The number of fused-ring (bicyclic) bond motifs is 1. The lowest BCUT2D eigenvalue weighted by atomic mass is 10.0. The maximum atomic E-state index is 10.2. The number of benzene rings is 2. The van der Waals surface area contributed by atoms with Crippen LogP contribution in [0.25, 0.3) is 10.8 Å². The first-order valence-corrected chi connectivity index (χ1v) is 6.92. The van der Waals surface area contributed by atoms with Crippen molar-refractivity contribution in [2.75, 3.05) is 14.2 Å². The summed E-state index contributed by atoms with van der Waals surface area (Å²) in [7, 11) is 3.04. The molecule has 6 heteroatoms. The van der Waals surface area contributed by atoms with Gasteiger partial charge in [0.25, 0.3) is 0 Å². The van der Waals surface area contributed by atoms with Crippen molar-refractivity contribution in [2.45, 2.75) is 9.90 Å². The zero-order chi connectivity index (χ0) is 14.9. The third kappa shape index (κ3) is 2.77. The van der Waals surface area contributed by atoms with E-state index in [1.807, 2.05) is 24.3 Å². The lowest BCUT2D eigenvalue weighted by Crippen LogP contribution is -2.17. The summed E-state index contributed by atoms with van der Waals surface area (Å²) < 4.78 is 8.86. The Morgan fingerprint density at radius 2 is 1.65 bits per heavy atom. The van der Waals surface area contributed by atoms with Crippen LogP contribution in [0.15, 0.2) is 30.3 Å². The molecule has 2 rings (SSSR count). The fourth-order valence-corrected chi connectivity index (χ4v) is 2.46. The van der Waals surface area contributed by atoms with E-state index >= 15 is 0 Å². The van der Waals surface area contributed by atoms with Gasteiger partial charge in [0.1, 0.15) is 17.6 Å². The molecular formula is C14H13Cl3O3. The van der Waals surface area contributed by atoms with Gasteiger partial charge < -0.3 is 14.6 Å². The van der Waals surface area contributed by atoms with Crippen LogP contribution in [0.5, 0.6) is 11.5 Å². The fourth-order valence-electron chi connectivity index (χ4n) is 2.11. The Balaban J connectivity index is 2.78. The average Bonchev–Trinajstić information content (AvgIpc) is 2.43. The highest BCUT2D eigenvalue weighted by Crippen LogP contribution is 2.46. The van der Waals surface area contributed by atoms with E-state index in [1.165, 1.54) is 7.11 Å². The van der Waals surface area contributed by atoms with Crippen molar-refractivity contribution in [3.63, 3.8) is 0 Å². The van der Waals surface area contributed by atoms with Gasteiger partial charge in [-0.3, -0.25) is 0 Å². The summed E-state index contributed by atoms with van der Waals surface area (Å²) in [5.41, 5.74) is 0.364. The molecule has 108 valence electrons. The number of aliphatic hydroxyl groups is 1. The molecule has 0 spiro atoms. The van der Waals surface area contributed by atoms with Gasteiger partial charge in [0.05, 0.1) is 14.2 Å². The summed E-state index contributed by atoms with van der Waals surface area (Å²) in [5, 5.41) is 11.8. The van der Waals surface area contributed by atoms with Crippen LogP contribution in [0.3, 0.4) is 0 Å². The van der Waals surface area contributed by atoms with Crippen LogP contribution >= 0.6 is 34.8 Å². The molecular weight excluding hydrogens is 323 g/mol. The second kappa shape index (κ2) is 5.86. The zero-order valence-corrected chi connectivity index (χ0v) is 13.1. The van der Waals surface area contributed by atoms with Crippen molar-refractivity contribution in [3.8, 4) is 11.5 Å². The molecule has 2 aromatic rings. The standard InChI is InChI=1S/C14H13Cl3O3/c1-19-11-7-10(13(18)14(15,16)17)12(20-2)9-6-4-3-5-8(9)11/h3-7,13,18H,1-2H3. The Bertz CT molecular complexity index is 623. The van der Waals surface area contributed by atoms with Crippen molar-refractivity contribution in [1.29, 1.82) is 0 Å². The zero-order valence-electron chi connectivity index (χ0n) is 10.9. The van der Waals surface area contributed by atoms with Crippen LogP contribution in [-0.2, 0) is 0 Å². The molecule has 20 heavy (non-hydrogen) atoms. The molecule has 0 bridgehead atoms. The number of methoxy groups -OCH3 is 2. The van der Waals surface area contributed by atoms with Crippen molar-refractivity contribution in [2.24, 2.45) is 0 Å². The molecule has 0 fully saturated rings. The lowest BCUT2D eigenvalue weighted by Gasteiger charge is -2.23. The molecule has 1 N–H and O–H groups in total. The number of hydrogen-bond donors (Lipinski definition) is 1. The fraction of sp³-hybridized carbons (Fsp3) is 0.286. The molecule has 0 aromatic heterocycles. The highest BCUT2D eigenvalue weighted by atomic mass is 35.6. The van der Waals surface area contributed by atoms with E-state index in [0.717, 1.165) is 10.8 Å². The van der Waals surface area contributed by atoms with E-state index in [4.69, 9.17) is 44.3 Å². The van der Waals surface area contributed by atoms with Gasteiger partial charge in [-0.25, -0.2) is 0 Å². The second-order valence-electron chi connectivity index (χ2n) is 4.19. The summed E-state index contributed by atoms with van der Waals surface area (Å²) in [4.78, 5) is 0. The van der Waals surface area contributed by atoms with Crippen molar-refractivity contribution < 1.29 is 14.6 Å². The van der Waals surface area contributed by atoms with Gasteiger partial charge in [-0.2, -0.15) is 0 Å². The van der Waals surface area contributed by atoms with Crippen LogP contribution in [0.2, 0.25) is 0 Å². The van der Waals surface area contributed by atoms with Crippen LogP contribution < -0.4 is 9.47 Å². The van der Waals surface area contributed by atoms with Gasteiger partial charge in [-0.1, -0.05) is 59.1 Å². The van der Waals surface area contributed by atoms with E-state index in [1.54, 1.807) is 13.2 Å². The first-order chi connectivity index (χ1) is 9.40. The third-order valence-electron chi connectivity index (χ3n) is 3.01. The van der Waals surface area contributed by atoms with Gasteiger partial charge in [0.2, 0.25) is 3.79 Å². The number of halogens is 3. The highest BCUT2D eigenvalue weighted by molar-refractivity contribution is 6.68. The minimum Gasteiger partial charge on any atom is -0.496 e. The molecule has 0 aliphatic carbocycles. The smallest absolute Gasteiger partial charge is 0.220 e. The second-order valence-corrected chi connectivity index (χ2v) is 6.56. The molecule has 1 unspecified atom stereocenters. The first-order valence-electron chi connectivity index (χ1n) is 5.78. The van der Waals surface area contributed by atoms with Gasteiger partial charge in [0, 0.05) is 16.3 Å². The molecule has 2 aromatic carbocycles. The summed E-state index contributed by atoms with van der Waals surface area (Å²) in [6, 6.07) is 9.10. The molecule has 0 aliphatic heterocycles. The molecule has 0 saturated carbocycles. The van der Waals surface area contributed by atoms with Crippen LogP contribution in [0.4, 0.5) is 0 Å². The molecule has 0 saturated heterocycles. The molecule has 0 heterocycles. The number of ether oxygens (including phenoxy) is 2. The normalized spacial score (nSPS) is 13.3. The molecule has 0 aliphatic rings. The Kier molecular flexibility index (Phi) is 4.55. The maximum absolute atomic E-state index is 10.2. The molecule has 0 radical (unpaired) electrons. The summed E-state index contributed by atoms with van der Waals surface area (Å²) in [6.07, 6.45) is -1.33. The third-order valence-corrected chi connectivity index (χ3v) is 3.63. The van der Waals surface area contributed by atoms with Gasteiger partial charge in [-0.15, -0.1) is 0 Å². The van der Waals surface area contributed by atoms with E-state index in [9.17, 15) is 5.11 Å². The monoisotopic (exact) mass is 334 g/mol. The lowest BCUT2D eigenvalue weighted by molar-refractivity contribution is 0.178. The number of rotatable bonds is 3. The minimum atomic E-state index is -1.86. The average molecular weight is 336 g/mol. The Hall–Kier alpha value is -0.870. The maximum Gasteiger partial charge on any atom is 0.220 e. The van der Waals surface area contributed by atoms with E-state index in [0.29, 0.717) is 17.1 Å². The van der Waals surface area contributed by atoms with E-state index in [-0.39, 0.29) is 0 Å². The minimum absolute atomic E-state index is 0.364. The largest absolute Gasteiger partial charge is 0.496 e. The number of hydrogen-bond acceptors (Lipinski definition) is 3. The van der Waals surface area contributed by atoms with Crippen molar-refractivity contribution in [3.05, 3.63) is 35.9 Å². The Morgan fingerprint density at radius 1 is 1.05 bits per heavy atom. The number of aliphatic hydroxyl groups excluding tert-OH is 1. The SMILES string of the molecule is COc1cc(C(O)C(Cl)(Cl)Cl)c(OC)c2ccccc12. The summed E-state index contributed by atoms with van der Waals surface area (Å²) in [6.45, 7) is 0. The number of alkyl halides is 3. The first kappa shape index (κ1) is 15.5. The van der Waals surface area contributed by atoms with Gasteiger partial charge in [-0.05, 0) is 6.07 Å². The van der Waals surface area contributed by atoms with E-state index < -0.39 is 9.90 Å². The van der Waals surface area contributed by atoms with Crippen LogP contribution in [0, 0.1) is 0 Å². The molecule has 3 nitrogen and oxygen atoms in total. The topological polar surface area (TPSA) is 38.7 Å². The summed E-state index contributed by atoms with van der Waals surface area (Å²) >= 11 is 17.3. The summed E-state index contributed by atoms with van der Waals surface area (Å²) in [5.74, 6) is 1.03. The van der Waals surface area contributed by atoms with Crippen molar-refractivity contribution >= 4 is 45.6 Å². The Morgan fingerprint density at radius 3 is 2.15 bits per heavy atom. The molecule has 0 amide bonds. The molecule has 1 atom stereocenters. The predicted molar refractivity (Wildman–Crippen MR) is 82.3 cm³/mol. The quantitative estimate of drug-likeness (QED) is 0.852. The Labute approximate surface area is 132 Å². The predicted octanol–water partition coefficient (Wildman–Crippen LogP) is 4.26. The van der Waals surface area contributed by atoms with Crippen molar-refractivity contribution in [1.82, 2.24) is 0 Å². The van der Waals surface area contributed by atoms with Gasteiger partial charge in [0.15, 0.2) is 0 Å².